The van der Waals surface area contributed by atoms with Gasteiger partial charge in [0.05, 0.1) is 5.56 Å². The second-order valence-corrected chi connectivity index (χ2v) is 8.88. The second kappa shape index (κ2) is 9.24. The smallest absolute Gasteiger partial charge is 0.252 e. The first-order valence-electron chi connectivity index (χ1n) is 11.1. The first-order chi connectivity index (χ1) is 16.9. The molecule has 0 unspecified atom stereocenters. The van der Waals surface area contributed by atoms with Crippen LogP contribution in [-0.4, -0.2) is 28.3 Å². The molecule has 6 nitrogen and oxygen atoms in total. The van der Waals surface area contributed by atoms with E-state index < -0.39 is 5.91 Å². The molecule has 0 radical (unpaired) electrons. The van der Waals surface area contributed by atoms with Crippen LogP contribution in [0.15, 0.2) is 72.9 Å². The summed E-state index contributed by atoms with van der Waals surface area (Å²) in [5.74, 6) is -0.596. The summed E-state index contributed by atoms with van der Waals surface area (Å²) >= 11 is 6.06. The number of carbonyl (C=O) groups excluding carboxylic acids is 2. The van der Waals surface area contributed by atoms with Gasteiger partial charge in [-0.15, -0.1) is 0 Å². The van der Waals surface area contributed by atoms with E-state index in [-0.39, 0.29) is 23.7 Å². The first kappa shape index (κ1) is 22.6. The number of H-pyrrole nitrogens is 1. The molecule has 0 atom stereocenters. The molecule has 5 rings (SSSR count). The van der Waals surface area contributed by atoms with Crippen molar-refractivity contribution in [3.05, 3.63) is 106 Å². The molecule has 3 N–H and O–H groups in total. The maximum Gasteiger partial charge on any atom is 0.252 e. The van der Waals surface area contributed by atoms with E-state index in [2.05, 4.69) is 9.97 Å². The van der Waals surface area contributed by atoms with Crippen LogP contribution < -0.4 is 10.5 Å². The topological polar surface area (TPSA) is 98.1 Å². The summed E-state index contributed by atoms with van der Waals surface area (Å²) in [5, 5.41) is 2.94. The van der Waals surface area contributed by atoms with Gasteiger partial charge in [0.2, 0.25) is 5.78 Å². The van der Waals surface area contributed by atoms with E-state index in [1.165, 1.54) is 0 Å². The molecular weight excluding hydrogens is 462 g/mol. The van der Waals surface area contributed by atoms with Crippen molar-refractivity contribution in [3.8, 4) is 5.75 Å². The van der Waals surface area contributed by atoms with Crippen molar-refractivity contribution in [1.29, 1.82) is 0 Å². The third-order valence-corrected chi connectivity index (χ3v) is 6.14. The number of pyridine rings is 1. The number of carbonyl (C=O) groups is 2. The third kappa shape index (κ3) is 4.74. The van der Waals surface area contributed by atoms with Crippen LogP contribution in [0.25, 0.3) is 21.7 Å². The van der Waals surface area contributed by atoms with Gasteiger partial charge >= 0.3 is 0 Å². The molecule has 2 heterocycles. The van der Waals surface area contributed by atoms with Crippen LogP contribution >= 0.6 is 11.6 Å². The van der Waals surface area contributed by atoms with Crippen molar-refractivity contribution in [3.63, 3.8) is 0 Å². The van der Waals surface area contributed by atoms with Crippen LogP contribution in [0.3, 0.4) is 0 Å². The van der Waals surface area contributed by atoms with E-state index in [4.69, 9.17) is 22.1 Å². The molecule has 5 aromatic rings. The Morgan fingerprint density at radius 2 is 1.86 bits per heavy atom. The van der Waals surface area contributed by atoms with Gasteiger partial charge in [-0.25, -0.2) is 0 Å². The minimum absolute atomic E-state index is 0.195. The molecule has 1 amide bonds. The number of hydrogen-bond acceptors (Lipinski definition) is 4. The number of fused-ring (bicyclic) bond motifs is 2. The lowest BCUT2D eigenvalue weighted by Crippen LogP contribution is -2.16. The zero-order chi connectivity index (χ0) is 24.5. The number of amides is 1. The van der Waals surface area contributed by atoms with Gasteiger partial charge < -0.3 is 15.5 Å². The van der Waals surface area contributed by atoms with Crippen molar-refractivity contribution >= 4 is 45.0 Å². The predicted molar refractivity (Wildman–Crippen MR) is 137 cm³/mol. The molecular formula is C28H22ClN3O3. The number of primary amides is 1. The Hall–Kier alpha value is -4.16. The lowest BCUT2D eigenvalue weighted by molar-refractivity contribution is 0.0914. The number of benzene rings is 3. The largest absolute Gasteiger partial charge is 0.485 e. The highest BCUT2D eigenvalue weighted by molar-refractivity contribution is 6.31. The lowest BCUT2D eigenvalue weighted by Gasteiger charge is -2.11. The van der Waals surface area contributed by atoms with Crippen molar-refractivity contribution in [2.24, 2.45) is 5.73 Å². The van der Waals surface area contributed by atoms with Gasteiger partial charge in [0.25, 0.3) is 5.91 Å². The van der Waals surface area contributed by atoms with E-state index in [0.717, 1.165) is 38.6 Å². The van der Waals surface area contributed by atoms with Crippen molar-refractivity contribution in [2.75, 3.05) is 6.61 Å². The molecule has 0 saturated heterocycles. The number of ketones is 1. The number of nitrogens with zero attached hydrogens (tertiary/aromatic N) is 1. The molecule has 3 aromatic carbocycles. The summed E-state index contributed by atoms with van der Waals surface area (Å²) in [5.41, 5.74) is 10.2. The Balaban J connectivity index is 1.36. The highest BCUT2D eigenvalue weighted by Crippen LogP contribution is 2.29. The number of aryl methyl sites for hydroxylation is 1. The van der Waals surface area contributed by atoms with Crippen LogP contribution in [0, 0.1) is 6.92 Å². The second-order valence-electron chi connectivity index (χ2n) is 8.45. The fourth-order valence-electron chi connectivity index (χ4n) is 4.20. The number of hydrogen-bond donors (Lipinski definition) is 2. The van der Waals surface area contributed by atoms with Crippen LogP contribution in [-0.2, 0) is 6.42 Å². The number of aromatic nitrogens is 2. The van der Waals surface area contributed by atoms with Crippen molar-refractivity contribution in [2.45, 2.75) is 13.3 Å². The Morgan fingerprint density at radius 3 is 2.66 bits per heavy atom. The molecule has 0 bridgehead atoms. The highest BCUT2D eigenvalue weighted by atomic mass is 35.5. The van der Waals surface area contributed by atoms with Crippen LogP contribution in [0.4, 0.5) is 0 Å². The summed E-state index contributed by atoms with van der Waals surface area (Å²) in [6, 6.07) is 20.5. The number of aromatic amines is 1. The lowest BCUT2D eigenvalue weighted by atomic mass is 10.0. The maximum absolute atomic E-state index is 13.0. The fourth-order valence-corrected chi connectivity index (χ4v) is 4.38. The Labute approximate surface area is 206 Å². The van der Waals surface area contributed by atoms with E-state index in [1.807, 2.05) is 49.4 Å². The maximum atomic E-state index is 13.0. The molecule has 0 fully saturated rings. The molecule has 0 aliphatic carbocycles. The molecule has 0 spiro atoms. The Bertz CT molecular complexity index is 1610. The number of Topliss-reactive ketones (excluding diaryl/α,β-unsaturated/α-hetero) is 1. The summed E-state index contributed by atoms with van der Waals surface area (Å²) in [4.78, 5) is 32.7. The monoisotopic (exact) mass is 483 g/mol. The van der Waals surface area contributed by atoms with E-state index >= 15 is 0 Å². The minimum atomic E-state index is -0.642. The van der Waals surface area contributed by atoms with Gasteiger partial charge in [0.15, 0.2) is 6.61 Å². The highest BCUT2D eigenvalue weighted by Gasteiger charge is 2.17. The molecule has 0 saturated carbocycles. The molecule has 2 aromatic heterocycles. The Kier molecular flexibility index (Phi) is 5.97. The van der Waals surface area contributed by atoms with Gasteiger partial charge in [0.1, 0.15) is 5.75 Å². The Morgan fingerprint density at radius 1 is 1.00 bits per heavy atom. The summed E-state index contributed by atoms with van der Waals surface area (Å²) < 4.78 is 5.78. The van der Waals surface area contributed by atoms with Gasteiger partial charge in [0, 0.05) is 45.5 Å². The number of nitrogens with two attached hydrogens (primary N) is 1. The normalized spacial score (nSPS) is 11.1. The van der Waals surface area contributed by atoms with E-state index in [9.17, 15) is 9.59 Å². The summed E-state index contributed by atoms with van der Waals surface area (Å²) in [6.07, 6.45) is 2.38. The predicted octanol–water partition coefficient (Wildman–Crippen LogP) is 5.63. The molecule has 174 valence electrons. The standard InChI is InChI=1S/C28H22ClN3O3/c1-16-3-2-4-21(32-16)9-17-5-8-22-24(14-31-25(22)10-17)26(33)15-35-27-13-18-6-7-20(29)11-19(18)12-23(27)28(30)34/h2-8,10-14,31H,9,15H2,1H3,(H2,30,34). The van der Waals surface area contributed by atoms with Crippen molar-refractivity contribution < 1.29 is 14.3 Å². The number of nitrogens with one attached hydrogen (secondary N) is 1. The van der Waals surface area contributed by atoms with Gasteiger partial charge in [-0.1, -0.05) is 35.9 Å². The SMILES string of the molecule is Cc1cccc(Cc2ccc3c(C(=O)COc4cc5ccc(Cl)cc5cc4C(N)=O)c[nH]c3c2)n1. The molecule has 0 aliphatic heterocycles. The van der Waals surface area contributed by atoms with Crippen LogP contribution in [0.1, 0.15) is 37.7 Å². The zero-order valence-electron chi connectivity index (χ0n) is 19.0. The van der Waals surface area contributed by atoms with Gasteiger partial charge in [-0.2, -0.15) is 0 Å². The molecule has 0 aliphatic rings. The quantitative estimate of drug-likeness (QED) is 0.293. The average molecular weight is 484 g/mol. The van der Waals surface area contributed by atoms with Gasteiger partial charge in [-0.3, -0.25) is 14.6 Å². The van der Waals surface area contributed by atoms with Crippen LogP contribution in [0.5, 0.6) is 5.75 Å². The average Bonchev–Trinajstić information content (AvgIpc) is 3.25. The number of halogens is 1. The fraction of sp³-hybridized carbons (Fsp3) is 0.107. The first-order valence-corrected chi connectivity index (χ1v) is 11.5. The minimum Gasteiger partial charge on any atom is -0.485 e. The molecule has 7 heteroatoms. The van der Waals surface area contributed by atoms with E-state index in [0.29, 0.717) is 17.0 Å². The molecule has 35 heavy (non-hydrogen) atoms. The number of rotatable bonds is 7. The summed E-state index contributed by atoms with van der Waals surface area (Å²) in [6.45, 7) is 1.73. The van der Waals surface area contributed by atoms with Crippen molar-refractivity contribution in [1.82, 2.24) is 9.97 Å². The number of ether oxygens (including phenoxy) is 1. The third-order valence-electron chi connectivity index (χ3n) is 5.90. The van der Waals surface area contributed by atoms with E-state index in [1.54, 1.807) is 30.5 Å². The van der Waals surface area contributed by atoms with Gasteiger partial charge in [-0.05, 0) is 65.7 Å². The van der Waals surface area contributed by atoms with Crippen LogP contribution in [0.2, 0.25) is 5.02 Å². The zero-order valence-corrected chi connectivity index (χ0v) is 19.7. The summed E-state index contributed by atoms with van der Waals surface area (Å²) in [7, 11) is 0.